The number of hydrogen-bond acceptors (Lipinski definition) is 2. The van der Waals surface area contributed by atoms with Crippen LogP contribution in [0.5, 0.6) is 0 Å². The summed E-state index contributed by atoms with van der Waals surface area (Å²) in [5.74, 6) is 0. The van der Waals surface area contributed by atoms with Gasteiger partial charge >= 0.3 is 0 Å². The first-order valence-corrected chi connectivity index (χ1v) is 2.75. The number of nitrogens with two attached hydrogens (primary N) is 1. The van der Waals surface area contributed by atoms with Gasteiger partial charge in [-0.15, -0.1) is 0 Å². The summed E-state index contributed by atoms with van der Waals surface area (Å²) in [7, 11) is 0. The highest BCUT2D eigenvalue weighted by Gasteiger charge is 1.83. The Bertz CT molecular complexity index is 150. The molecule has 0 rings (SSSR count). The van der Waals surface area contributed by atoms with E-state index in [1.807, 2.05) is 13.8 Å². The molecule has 50 valence electrons. The Hall–Kier alpha value is -1.05. The predicted octanol–water partition coefficient (Wildman–Crippen LogP) is 1.45. The van der Waals surface area contributed by atoms with Crippen molar-refractivity contribution in [3.05, 3.63) is 24.0 Å². The first-order chi connectivity index (χ1) is 4.18. The van der Waals surface area contributed by atoms with Crippen LogP contribution in [-0.2, 0) is 0 Å². The zero-order valence-corrected chi connectivity index (χ0v) is 5.89. The lowest BCUT2D eigenvalue weighted by Crippen LogP contribution is -1.95. The molecule has 2 heteroatoms. The Balaban J connectivity index is 4.06. The minimum Gasteiger partial charge on any atom is -0.402 e. The van der Waals surface area contributed by atoms with E-state index >= 15 is 0 Å². The van der Waals surface area contributed by atoms with E-state index in [-0.39, 0.29) is 0 Å². The maximum absolute atomic E-state index is 5.43. The Kier molecular flexibility index (Phi) is 3.44. The lowest BCUT2D eigenvalue weighted by Gasteiger charge is -1.91. The Labute approximate surface area is 55.8 Å². The minimum absolute atomic E-state index is 0.792. The lowest BCUT2D eigenvalue weighted by molar-refractivity contribution is 1.26. The highest BCUT2D eigenvalue weighted by molar-refractivity contribution is 5.78. The molecule has 0 unspecified atom stereocenters. The molecule has 0 aliphatic rings. The third-order valence-electron chi connectivity index (χ3n) is 0.996. The fourth-order valence-corrected chi connectivity index (χ4v) is 0.266. The van der Waals surface area contributed by atoms with Gasteiger partial charge < -0.3 is 5.73 Å². The molecule has 0 fully saturated rings. The summed E-state index contributed by atoms with van der Waals surface area (Å²) in [4.78, 5) is 3.79. The van der Waals surface area contributed by atoms with Gasteiger partial charge in [-0.2, -0.15) is 0 Å². The summed E-state index contributed by atoms with van der Waals surface area (Å²) in [6, 6.07) is 0. The van der Waals surface area contributed by atoms with Gasteiger partial charge in [0.2, 0.25) is 0 Å². The van der Waals surface area contributed by atoms with Crippen molar-refractivity contribution in [3.8, 4) is 0 Å². The molecule has 0 atom stereocenters. The average Bonchev–Trinajstić information content (AvgIpc) is 1.82. The molecule has 0 aliphatic carbocycles. The third kappa shape index (κ3) is 3.53. The molecule has 0 spiro atoms. The molecule has 2 nitrogen and oxygen atoms in total. The molecule has 2 N–H and O–H groups in total. The second-order valence-electron chi connectivity index (χ2n) is 1.83. The van der Waals surface area contributed by atoms with Gasteiger partial charge in [-0.05, 0) is 19.4 Å². The molecular formula is C7H12N2. The van der Waals surface area contributed by atoms with E-state index in [4.69, 9.17) is 5.73 Å². The van der Waals surface area contributed by atoms with Gasteiger partial charge in [0.25, 0.3) is 0 Å². The second kappa shape index (κ2) is 3.89. The van der Waals surface area contributed by atoms with Crippen molar-refractivity contribution >= 4 is 6.21 Å². The highest BCUT2D eigenvalue weighted by Crippen LogP contribution is 1.91. The maximum atomic E-state index is 5.43. The largest absolute Gasteiger partial charge is 0.402 e. The fourth-order valence-electron chi connectivity index (χ4n) is 0.266. The van der Waals surface area contributed by atoms with E-state index in [9.17, 15) is 0 Å². The summed E-state index contributed by atoms with van der Waals surface area (Å²) in [6.07, 6.45) is 3.16. The molecule has 0 aromatic rings. The van der Waals surface area contributed by atoms with Crippen molar-refractivity contribution in [2.75, 3.05) is 0 Å². The van der Waals surface area contributed by atoms with Crippen LogP contribution in [-0.4, -0.2) is 6.21 Å². The summed E-state index contributed by atoms with van der Waals surface area (Å²) in [6.45, 7) is 7.17. The molecule has 0 saturated carbocycles. The average molecular weight is 124 g/mol. The van der Waals surface area contributed by atoms with E-state index < -0.39 is 0 Å². The van der Waals surface area contributed by atoms with Crippen LogP contribution in [0.4, 0.5) is 0 Å². The van der Waals surface area contributed by atoms with Crippen LogP contribution in [0.2, 0.25) is 0 Å². The summed E-state index contributed by atoms with van der Waals surface area (Å²) in [5, 5.41) is 0. The SMILES string of the molecule is C=C/N=C\C(C)=C(\C)N. The van der Waals surface area contributed by atoms with Crippen LogP contribution in [0.1, 0.15) is 13.8 Å². The van der Waals surface area contributed by atoms with E-state index in [1.54, 1.807) is 6.21 Å². The van der Waals surface area contributed by atoms with Crippen LogP contribution in [0.15, 0.2) is 29.0 Å². The summed E-state index contributed by atoms with van der Waals surface area (Å²) in [5.41, 5.74) is 7.20. The zero-order chi connectivity index (χ0) is 7.28. The topological polar surface area (TPSA) is 38.4 Å². The molecule has 0 aromatic heterocycles. The van der Waals surface area contributed by atoms with Gasteiger partial charge in [-0.1, -0.05) is 6.58 Å². The van der Waals surface area contributed by atoms with Gasteiger partial charge in [0.15, 0.2) is 0 Å². The van der Waals surface area contributed by atoms with Crippen molar-refractivity contribution in [2.45, 2.75) is 13.8 Å². The monoisotopic (exact) mass is 124 g/mol. The molecule has 0 amide bonds. The van der Waals surface area contributed by atoms with Crippen LogP contribution < -0.4 is 5.73 Å². The van der Waals surface area contributed by atoms with Crippen LogP contribution in [0, 0.1) is 0 Å². The van der Waals surface area contributed by atoms with Crippen molar-refractivity contribution in [2.24, 2.45) is 10.7 Å². The Morgan fingerprint density at radius 3 is 2.44 bits per heavy atom. The molecule has 0 radical (unpaired) electrons. The lowest BCUT2D eigenvalue weighted by atomic mass is 10.3. The molecule has 0 heterocycles. The van der Waals surface area contributed by atoms with Crippen molar-refractivity contribution < 1.29 is 0 Å². The summed E-state index contributed by atoms with van der Waals surface area (Å²) < 4.78 is 0. The predicted molar refractivity (Wildman–Crippen MR) is 41.3 cm³/mol. The van der Waals surface area contributed by atoms with E-state index in [0.717, 1.165) is 11.3 Å². The van der Waals surface area contributed by atoms with E-state index in [0.29, 0.717) is 0 Å². The van der Waals surface area contributed by atoms with Gasteiger partial charge in [-0.25, -0.2) is 0 Å². The highest BCUT2D eigenvalue weighted by atomic mass is 14.7. The molecular weight excluding hydrogens is 112 g/mol. The van der Waals surface area contributed by atoms with Crippen LogP contribution in [0.3, 0.4) is 0 Å². The number of nitrogens with zero attached hydrogens (tertiary/aromatic N) is 1. The van der Waals surface area contributed by atoms with Gasteiger partial charge in [-0.3, -0.25) is 4.99 Å². The number of allylic oxidation sites excluding steroid dienone is 2. The first-order valence-electron chi connectivity index (χ1n) is 2.75. The van der Waals surface area contributed by atoms with Crippen molar-refractivity contribution in [1.29, 1.82) is 0 Å². The van der Waals surface area contributed by atoms with Crippen molar-refractivity contribution in [3.63, 3.8) is 0 Å². The smallest absolute Gasteiger partial charge is 0.0313 e. The van der Waals surface area contributed by atoms with Gasteiger partial charge in [0, 0.05) is 18.1 Å². The number of aliphatic imine (C=N–C) groups is 1. The number of rotatable bonds is 2. The summed E-state index contributed by atoms with van der Waals surface area (Å²) >= 11 is 0. The van der Waals surface area contributed by atoms with Gasteiger partial charge in [0.1, 0.15) is 0 Å². The Morgan fingerprint density at radius 1 is 1.56 bits per heavy atom. The quantitative estimate of drug-likeness (QED) is 0.556. The van der Waals surface area contributed by atoms with E-state index in [2.05, 4.69) is 11.6 Å². The molecule has 0 aromatic carbocycles. The fraction of sp³-hybridized carbons (Fsp3) is 0.286. The normalized spacial score (nSPS) is 13.6. The Morgan fingerprint density at radius 2 is 2.11 bits per heavy atom. The minimum atomic E-state index is 0.792. The molecule has 0 saturated heterocycles. The molecule has 0 aliphatic heterocycles. The standard InChI is InChI=1S/C7H12N2/c1-4-9-5-6(2)7(3)8/h4-5H,1,8H2,2-3H3/b7-6-,9-5-. The van der Waals surface area contributed by atoms with E-state index in [1.165, 1.54) is 6.20 Å². The maximum Gasteiger partial charge on any atom is 0.0313 e. The van der Waals surface area contributed by atoms with Crippen LogP contribution >= 0.6 is 0 Å². The first kappa shape index (κ1) is 7.95. The van der Waals surface area contributed by atoms with Crippen LogP contribution in [0.25, 0.3) is 0 Å². The third-order valence-corrected chi connectivity index (χ3v) is 0.996. The molecule has 0 bridgehead atoms. The van der Waals surface area contributed by atoms with Crippen molar-refractivity contribution in [1.82, 2.24) is 0 Å². The zero-order valence-electron chi connectivity index (χ0n) is 5.89. The second-order valence-corrected chi connectivity index (χ2v) is 1.83. The molecule has 9 heavy (non-hydrogen) atoms. The number of hydrogen-bond donors (Lipinski definition) is 1. The van der Waals surface area contributed by atoms with Gasteiger partial charge in [0.05, 0.1) is 0 Å².